The summed E-state index contributed by atoms with van der Waals surface area (Å²) in [6, 6.07) is 0. The van der Waals surface area contributed by atoms with Crippen molar-refractivity contribution in [2.24, 2.45) is 11.0 Å². The fourth-order valence-electron chi connectivity index (χ4n) is 1.94. The molecule has 0 aromatic rings. The topological polar surface area (TPSA) is 89.3 Å². The van der Waals surface area contributed by atoms with Gasteiger partial charge in [0.05, 0.1) is 0 Å². The number of likely N-dealkylation sites (tertiary alicyclic amines) is 1. The zero-order valence-corrected chi connectivity index (χ0v) is 9.38. The third kappa shape index (κ3) is 4.08. The van der Waals surface area contributed by atoms with Crippen LogP contribution in [0.15, 0.2) is 5.11 Å². The number of hydrogen-bond acceptors (Lipinski definition) is 3. The maximum atomic E-state index is 11.6. The largest absolute Gasteiger partial charge is 0.396 e. The highest BCUT2D eigenvalue weighted by Gasteiger charge is 2.28. The molecule has 6 nitrogen and oxygen atoms in total. The Morgan fingerprint density at radius 1 is 1.50 bits per heavy atom. The molecule has 1 fully saturated rings. The maximum Gasteiger partial charge on any atom is 0.222 e. The van der Waals surface area contributed by atoms with Crippen molar-refractivity contribution >= 4 is 5.91 Å². The number of carbonyl (C=O) groups excluding carboxylic acids is 1. The lowest BCUT2D eigenvalue weighted by Crippen LogP contribution is -2.26. The molecule has 0 radical (unpaired) electrons. The number of nitrogens with zero attached hydrogens (tertiary/aromatic N) is 4. The van der Waals surface area contributed by atoms with Gasteiger partial charge in [-0.15, -0.1) is 0 Å². The van der Waals surface area contributed by atoms with E-state index in [2.05, 4.69) is 10.0 Å². The average molecular weight is 226 g/mol. The van der Waals surface area contributed by atoms with E-state index >= 15 is 0 Å². The number of azide groups is 1. The predicted molar refractivity (Wildman–Crippen MR) is 59.6 cm³/mol. The van der Waals surface area contributed by atoms with E-state index in [9.17, 15) is 4.79 Å². The highest BCUT2D eigenvalue weighted by atomic mass is 16.2. The van der Waals surface area contributed by atoms with Crippen molar-refractivity contribution in [1.82, 2.24) is 4.90 Å². The first-order valence-electron chi connectivity index (χ1n) is 5.67. The number of amides is 1. The number of aliphatic hydroxyl groups excluding tert-OH is 1. The van der Waals surface area contributed by atoms with E-state index in [1.54, 1.807) is 0 Å². The fraction of sp³-hybridized carbons (Fsp3) is 0.900. The molecule has 1 aliphatic rings. The van der Waals surface area contributed by atoms with Gasteiger partial charge in [-0.2, -0.15) is 0 Å². The Morgan fingerprint density at radius 2 is 2.31 bits per heavy atom. The summed E-state index contributed by atoms with van der Waals surface area (Å²) in [6.45, 7) is 2.09. The van der Waals surface area contributed by atoms with Crippen molar-refractivity contribution in [2.75, 3.05) is 26.2 Å². The minimum Gasteiger partial charge on any atom is -0.396 e. The Bertz CT molecular complexity index is 276. The van der Waals surface area contributed by atoms with E-state index in [-0.39, 0.29) is 18.4 Å². The summed E-state index contributed by atoms with van der Waals surface area (Å²) in [4.78, 5) is 16.1. The first-order valence-corrected chi connectivity index (χ1v) is 5.67. The SMILES string of the molecule is [N-]=[N+]=NCC1CC(=O)N(CCCCCO)C1. The molecule has 1 aliphatic heterocycles. The van der Waals surface area contributed by atoms with Gasteiger partial charge in [0.2, 0.25) is 5.91 Å². The molecule has 1 amide bonds. The molecule has 0 aromatic carbocycles. The van der Waals surface area contributed by atoms with E-state index in [1.807, 2.05) is 4.90 Å². The lowest BCUT2D eigenvalue weighted by molar-refractivity contribution is -0.127. The summed E-state index contributed by atoms with van der Waals surface area (Å²) in [5.74, 6) is 0.336. The van der Waals surface area contributed by atoms with Gasteiger partial charge in [-0.25, -0.2) is 0 Å². The van der Waals surface area contributed by atoms with Gasteiger partial charge in [0.15, 0.2) is 0 Å². The standard InChI is InChI=1S/C10H18N4O2/c11-13-12-7-9-6-10(16)14(8-9)4-2-1-3-5-15/h9,15H,1-8H2. The quantitative estimate of drug-likeness (QED) is 0.307. The van der Waals surface area contributed by atoms with E-state index in [4.69, 9.17) is 10.6 Å². The second kappa shape index (κ2) is 7.09. The number of hydrogen-bond donors (Lipinski definition) is 1. The van der Waals surface area contributed by atoms with Crippen LogP contribution in [-0.2, 0) is 4.79 Å². The third-order valence-electron chi connectivity index (χ3n) is 2.78. The van der Waals surface area contributed by atoms with Crippen LogP contribution in [0.4, 0.5) is 0 Å². The number of unbranched alkanes of at least 4 members (excludes halogenated alkanes) is 2. The number of aliphatic hydroxyl groups is 1. The molecule has 16 heavy (non-hydrogen) atoms. The van der Waals surface area contributed by atoms with Gasteiger partial charge < -0.3 is 10.0 Å². The molecule has 0 aliphatic carbocycles. The van der Waals surface area contributed by atoms with Crippen molar-refractivity contribution in [1.29, 1.82) is 0 Å². The Kier molecular flexibility index (Phi) is 5.67. The molecular weight excluding hydrogens is 208 g/mol. The summed E-state index contributed by atoms with van der Waals surface area (Å²) in [6.07, 6.45) is 3.17. The Balaban J connectivity index is 2.22. The summed E-state index contributed by atoms with van der Waals surface area (Å²) >= 11 is 0. The Labute approximate surface area is 94.9 Å². The fourth-order valence-corrected chi connectivity index (χ4v) is 1.94. The van der Waals surface area contributed by atoms with Crippen LogP contribution in [0.5, 0.6) is 0 Å². The first kappa shape index (κ1) is 12.8. The lowest BCUT2D eigenvalue weighted by atomic mass is 10.1. The Morgan fingerprint density at radius 3 is 3.00 bits per heavy atom. The van der Waals surface area contributed by atoms with Gasteiger partial charge in [0.1, 0.15) is 0 Å². The molecule has 1 rings (SSSR count). The van der Waals surface area contributed by atoms with Crippen LogP contribution in [0.1, 0.15) is 25.7 Å². The van der Waals surface area contributed by atoms with Crippen LogP contribution in [0, 0.1) is 5.92 Å². The number of carbonyl (C=O) groups is 1. The van der Waals surface area contributed by atoms with Crippen LogP contribution in [0.25, 0.3) is 10.4 Å². The molecule has 90 valence electrons. The molecule has 1 saturated heterocycles. The maximum absolute atomic E-state index is 11.6. The van der Waals surface area contributed by atoms with Gasteiger partial charge in [-0.1, -0.05) is 5.11 Å². The van der Waals surface area contributed by atoms with Crippen LogP contribution in [-0.4, -0.2) is 42.2 Å². The van der Waals surface area contributed by atoms with Crippen LogP contribution >= 0.6 is 0 Å². The third-order valence-corrected chi connectivity index (χ3v) is 2.78. The minimum absolute atomic E-state index is 0.155. The first-order chi connectivity index (χ1) is 7.77. The molecule has 0 aromatic heterocycles. The van der Waals surface area contributed by atoms with Gasteiger partial charge in [0, 0.05) is 37.6 Å². The van der Waals surface area contributed by atoms with Crippen molar-refractivity contribution in [3.05, 3.63) is 10.4 Å². The van der Waals surface area contributed by atoms with Gasteiger partial charge in [0.25, 0.3) is 0 Å². The monoisotopic (exact) mass is 226 g/mol. The van der Waals surface area contributed by atoms with Gasteiger partial charge in [-0.3, -0.25) is 4.79 Å². The smallest absolute Gasteiger partial charge is 0.222 e. The summed E-state index contributed by atoms with van der Waals surface area (Å²) in [5, 5.41) is 12.1. The normalized spacial score (nSPS) is 19.9. The van der Waals surface area contributed by atoms with Crippen LogP contribution in [0.3, 0.4) is 0 Å². The summed E-state index contributed by atoms with van der Waals surface area (Å²) in [5.41, 5.74) is 8.20. The van der Waals surface area contributed by atoms with E-state index in [1.165, 1.54) is 0 Å². The molecule has 0 spiro atoms. The highest BCUT2D eigenvalue weighted by molar-refractivity contribution is 5.78. The second-order valence-electron chi connectivity index (χ2n) is 4.11. The van der Waals surface area contributed by atoms with Crippen molar-refractivity contribution in [3.8, 4) is 0 Å². The van der Waals surface area contributed by atoms with Crippen LogP contribution < -0.4 is 0 Å². The zero-order chi connectivity index (χ0) is 11.8. The van der Waals surface area contributed by atoms with E-state index in [0.717, 1.165) is 25.8 Å². The second-order valence-corrected chi connectivity index (χ2v) is 4.11. The molecule has 1 unspecified atom stereocenters. The van der Waals surface area contributed by atoms with E-state index in [0.29, 0.717) is 19.5 Å². The van der Waals surface area contributed by atoms with Gasteiger partial charge >= 0.3 is 0 Å². The molecule has 1 N–H and O–H groups in total. The molecule has 0 bridgehead atoms. The van der Waals surface area contributed by atoms with Crippen molar-refractivity contribution in [3.63, 3.8) is 0 Å². The predicted octanol–water partition coefficient (Wildman–Crippen LogP) is 1.31. The number of rotatable bonds is 7. The molecule has 1 heterocycles. The molecule has 6 heteroatoms. The van der Waals surface area contributed by atoms with Crippen LogP contribution in [0.2, 0.25) is 0 Å². The highest BCUT2D eigenvalue weighted by Crippen LogP contribution is 2.18. The Hall–Kier alpha value is -1.26. The molecular formula is C10H18N4O2. The minimum atomic E-state index is 0.155. The van der Waals surface area contributed by atoms with Gasteiger partial charge in [-0.05, 0) is 30.7 Å². The summed E-state index contributed by atoms with van der Waals surface area (Å²) in [7, 11) is 0. The van der Waals surface area contributed by atoms with Crippen molar-refractivity contribution < 1.29 is 9.90 Å². The zero-order valence-electron chi connectivity index (χ0n) is 9.38. The van der Waals surface area contributed by atoms with E-state index < -0.39 is 0 Å². The molecule has 0 saturated carbocycles. The van der Waals surface area contributed by atoms with Crippen molar-refractivity contribution in [2.45, 2.75) is 25.7 Å². The summed E-state index contributed by atoms with van der Waals surface area (Å²) < 4.78 is 0. The lowest BCUT2D eigenvalue weighted by Gasteiger charge is -2.15. The average Bonchev–Trinajstić information content (AvgIpc) is 2.63. The molecule has 1 atom stereocenters.